The van der Waals surface area contributed by atoms with E-state index in [1.165, 1.54) is 12.0 Å². The second-order valence-corrected chi connectivity index (χ2v) is 8.99. The lowest BCUT2D eigenvalue weighted by atomic mass is 9.93. The monoisotopic (exact) mass is 487 g/mol. The minimum atomic E-state index is -0.927. The zero-order valence-electron chi connectivity index (χ0n) is 19.3. The lowest BCUT2D eigenvalue weighted by Crippen LogP contribution is -2.31. The number of ketones is 1. The van der Waals surface area contributed by atoms with E-state index in [2.05, 4.69) is 0 Å². The first-order valence-electron chi connectivity index (χ1n) is 11.0. The van der Waals surface area contributed by atoms with Crippen LogP contribution >= 0.6 is 11.6 Å². The van der Waals surface area contributed by atoms with E-state index < -0.39 is 23.5 Å². The SMILES string of the molecule is COc1ccccc1C1C(C(=O)c2cc3cc(Cl)ccc3o2)=C(O)C(=O)N1c1cc(C)cc(C)c1. The zero-order valence-corrected chi connectivity index (χ0v) is 20.1. The molecule has 176 valence electrons. The standard InChI is InChI=1S/C28H22ClNO5/c1-15-10-16(2)12-19(11-15)30-25(20-6-4-5-7-22(20)34-3)24(27(32)28(30)33)26(31)23-14-17-13-18(29)8-9-21(17)35-23/h4-14,25,32H,1-3H3. The third kappa shape index (κ3) is 3.86. The molecule has 0 aliphatic carbocycles. The Morgan fingerprint density at radius 1 is 1.03 bits per heavy atom. The molecule has 1 aromatic heterocycles. The fourth-order valence-corrected chi connectivity index (χ4v) is 4.82. The maximum atomic E-state index is 13.8. The van der Waals surface area contributed by atoms with Crippen LogP contribution in [0.4, 0.5) is 5.69 Å². The average molecular weight is 488 g/mol. The predicted molar refractivity (Wildman–Crippen MR) is 134 cm³/mol. The molecule has 0 fully saturated rings. The van der Waals surface area contributed by atoms with Crippen molar-refractivity contribution in [1.82, 2.24) is 0 Å². The van der Waals surface area contributed by atoms with Crippen molar-refractivity contribution < 1.29 is 23.8 Å². The minimum absolute atomic E-state index is 0.00112. The van der Waals surface area contributed by atoms with Crippen LogP contribution in [0.1, 0.15) is 33.3 Å². The summed E-state index contributed by atoms with van der Waals surface area (Å²) < 4.78 is 11.3. The highest BCUT2D eigenvalue weighted by atomic mass is 35.5. The third-order valence-electron chi connectivity index (χ3n) is 6.07. The molecule has 1 atom stereocenters. The van der Waals surface area contributed by atoms with Gasteiger partial charge in [0.1, 0.15) is 11.3 Å². The number of furan rings is 1. The van der Waals surface area contributed by atoms with E-state index in [1.54, 1.807) is 48.5 Å². The van der Waals surface area contributed by atoms with E-state index >= 15 is 0 Å². The summed E-state index contributed by atoms with van der Waals surface area (Å²) >= 11 is 6.08. The number of methoxy groups -OCH3 is 1. The van der Waals surface area contributed by atoms with E-state index in [0.717, 1.165) is 11.1 Å². The largest absolute Gasteiger partial charge is 0.503 e. The molecule has 0 radical (unpaired) electrons. The maximum Gasteiger partial charge on any atom is 0.294 e. The molecule has 2 heterocycles. The number of aliphatic hydroxyl groups excluding tert-OH is 1. The van der Waals surface area contributed by atoms with E-state index in [1.807, 2.05) is 32.0 Å². The number of Topliss-reactive ketones (excluding diaryl/α,β-unsaturated/α-hetero) is 1. The molecule has 6 nitrogen and oxygen atoms in total. The summed E-state index contributed by atoms with van der Waals surface area (Å²) in [4.78, 5) is 28.7. The number of halogens is 1. The molecule has 35 heavy (non-hydrogen) atoms. The van der Waals surface area contributed by atoms with Crippen molar-refractivity contribution in [3.63, 3.8) is 0 Å². The molecule has 3 aromatic carbocycles. The number of ether oxygens (including phenoxy) is 1. The van der Waals surface area contributed by atoms with Gasteiger partial charge < -0.3 is 14.3 Å². The van der Waals surface area contributed by atoms with Gasteiger partial charge >= 0.3 is 0 Å². The van der Waals surface area contributed by atoms with Crippen LogP contribution in [0.25, 0.3) is 11.0 Å². The second kappa shape index (κ2) is 8.64. The molecular weight excluding hydrogens is 466 g/mol. The summed E-state index contributed by atoms with van der Waals surface area (Å²) in [7, 11) is 1.52. The summed E-state index contributed by atoms with van der Waals surface area (Å²) in [5.41, 5.74) is 3.41. The van der Waals surface area contributed by atoms with Crippen LogP contribution in [0.2, 0.25) is 5.02 Å². The van der Waals surface area contributed by atoms with Gasteiger partial charge in [0.05, 0.1) is 18.7 Å². The van der Waals surface area contributed by atoms with Crippen molar-refractivity contribution in [3.8, 4) is 5.75 Å². The van der Waals surface area contributed by atoms with Gasteiger partial charge in [-0.05, 0) is 67.4 Å². The molecule has 1 aliphatic heterocycles. The average Bonchev–Trinajstić information content (AvgIpc) is 3.36. The van der Waals surface area contributed by atoms with Gasteiger partial charge in [-0.1, -0.05) is 35.9 Å². The van der Waals surface area contributed by atoms with Crippen molar-refractivity contribution in [1.29, 1.82) is 0 Å². The molecule has 1 aliphatic rings. The van der Waals surface area contributed by atoms with Crippen molar-refractivity contribution in [3.05, 3.63) is 106 Å². The number of hydrogen-bond donors (Lipinski definition) is 1. The zero-order chi connectivity index (χ0) is 24.9. The summed E-state index contributed by atoms with van der Waals surface area (Å²) in [6, 6.07) is 18.4. The van der Waals surface area contributed by atoms with Gasteiger partial charge in [0.25, 0.3) is 5.91 Å². The van der Waals surface area contributed by atoms with Crippen molar-refractivity contribution in [2.75, 3.05) is 12.0 Å². The normalized spacial score (nSPS) is 15.8. The topological polar surface area (TPSA) is 80.0 Å². The Bertz CT molecular complexity index is 1510. The summed E-state index contributed by atoms with van der Waals surface area (Å²) in [6.45, 7) is 3.85. The number of benzene rings is 3. The van der Waals surface area contributed by atoms with E-state index in [0.29, 0.717) is 33.0 Å². The Labute approximate surface area is 207 Å². The Morgan fingerprint density at radius 2 is 1.74 bits per heavy atom. The molecule has 4 aromatic rings. The van der Waals surface area contributed by atoms with E-state index in [-0.39, 0.29) is 11.3 Å². The Balaban J connectivity index is 1.71. The highest BCUT2D eigenvalue weighted by Crippen LogP contribution is 2.45. The van der Waals surface area contributed by atoms with Crippen LogP contribution in [-0.4, -0.2) is 23.9 Å². The Morgan fingerprint density at radius 3 is 2.46 bits per heavy atom. The molecule has 5 rings (SSSR count). The number of amides is 1. The fourth-order valence-electron chi connectivity index (χ4n) is 4.64. The van der Waals surface area contributed by atoms with Crippen molar-refractivity contribution in [2.24, 2.45) is 0 Å². The summed E-state index contributed by atoms with van der Waals surface area (Å²) in [6.07, 6.45) is 0. The second-order valence-electron chi connectivity index (χ2n) is 8.55. The van der Waals surface area contributed by atoms with E-state index in [4.69, 9.17) is 20.8 Å². The van der Waals surface area contributed by atoms with Gasteiger partial charge in [-0.25, -0.2) is 0 Å². The minimum Gasteiger partial charge on any atom is -0.503 e. The highest BCUT2D eigenvalue weighted by Gasteiger charge is 2.46. The molecule has 1 unspecified atom stereocenters. The van der Waals surface area contributed by atoms with Gasteiger partial charge in [-0.3, -0.25) is 14.5 Å². The molecule has 7 heteroatoms. The summed E-state index contributed by atoms with van der Waals surface area (Å²) in [5, 5.41) is 12.2. The third-order valence-corrected chi connectivity index (χ3v) is 6.31. The number of anilines is 1. The molecule has 0 saturated heterocycles. The number of nitrogens with zero attached hydrogens (tertiary/aromatic N) is 1. The number of hydrogen-bond acceptors (Lipinski definition) is 5. The number of carbonyl (C=O) groups excluding carboxylic acids is 2. The number of para-hydroxylation sites is 1. The molecule has 1 N–H and O–H groups in total. The molecule has 0 bridgehead atoms. The molecular formula is C28H22ClNO5. The first-order valence-corrected chi connectivity index (χ1v) is 11.4. The lowest BCUT2D eigenvalue weighted by Gasteiger charge is -2.28. The summed E-state index contributed by atoms with van der Waals surface area (Å²) in [5.74, 6) is -1.40. The first kappa shape index (κ1) is 22.7. The van der Waals surface area contributed by atoms with Crippen molar-refractivity contribution >= 4 is 39.9 Å². The number of rotatable bonds is 5. The smallest absolute Gasteiger partial charge is 0.294 e. The Hall–Kier alpha value is -4.03. The van der Waals surface area contributed by atoms with Crippen LogP contribution in [0.5, 0.6) is 5.75 Å². The van der Waals surface area contributed by atoms with Crippen LogP contribution in [0.3, 0.4) is 0 Å². The van der Waals surface area contributed by atoms with Crippen LogP contribution in [-0.2, 0) is 4.79 Å². The fraction of sp³-hybridized carbons (Fsp3) is 0.143. The quantitative estimate of drug-likeness (QED) is 0.325. The van der Waals surface area contributed by atoms with Gasteiger partial charge in [0.2, 0.25) is 5.78 Å². The van der Waals surface area contributed by atoms with Crippen LogP contribution in [0.15, 0.2) is 82.5 Å². The van der Waals surface area contributed by atoms with Gasteiger partial charge in [0.15, 0.2) is 11.5 Å². The molecule has 0 saturated carbocycles. The number of carbonyl (C=O) groups is 2. The Kier molecular flexibility index (Phi) is 5.61. The predicted octanol–water partition coefficient (Wildman–Crippen LogP) is 6.49. The van der Waals surface area contributed by atoms with Crippen molar-refractivity contribution in [2.45, 2.75) is 19.9 Å². The van der Waals surface area contributed by atoms with Gasteiger partial charge in [-0.2, -0.15) is 0 Å². The highest BCUT2D eigenvalue weighted by molar-refractivity contribution is 6.31. The number of aryl methyl sites for hydroxylation is 2. The van der Waals surface area contributed by atoms with Gasteiger partial charge in [-0.15, -0.1) is 0 Å². The first-order chi connectivity index (χ1) is 16.8. The van der Waals surface area contributed by atoms with Gasteiger partial charge in [0, 0.05) is 21.7 Å². The van der Waals surface area contributed by atoms with Crippen LogP contribution in [0, 0.1) is 13.8 Å². The lowest BCUT2D eigenvalue weighted by molar-refractivity contribution is -0.117. The molecule has 1 amide bonds. The number of aliphatic hydroxyl groups is 1. The van der Waals surface area contributed by atoms with E-state index in [9.17, 15) is 14.7 Å². The number of fused-ring (bicyclic) bond motifs is 1. The maximum absolute atomic E-state index is 13.8. The molecule has 0 spiro atoms. The van der Waals surface area contributed by atoms with Crippen LogP contribution < -0.4 is 9.64 Å².